The third-order valence-corrected chi connectivity index (χ3v) is 2.36. The quantitative estimate of drug-likeness (QED) is 0.667. The van der Waals surface area contributed by atoms with Crippen LogP contribution in [0, 0.1) is 26.8 Å². The van der Waals surface area contributed by atoms with Gasteiger partial charge < -0.3 is 0 Å². The maximum atomic E-state index is 3.38. The van der Waals surface area contributed by atoms with Crippen molar-refractivity contribution in [2.24, 2.45) is 0 Å². The zero-order valence-electron chi connectivity index (χ0n) is 9.65. The molecule has 0 aliphatic rings. The summed E-state index contributed by atoms with van der Waals surface area (Å²) in [6.45, 7) is 8.64. The number of rotatable bonds is 3. The zero-order valence-corrected chi connectivity index (χ0v) is 9.65. The van der Waals surface area contributed by atoms with Crippen LogP contribution in [0.15, 0.2) is 18.2 Å². The molecule has 0 atom stereocenters. The molecule has 0 aromatic heterocycles. The van der Waals surface area contributed by atoms with Gasteiger partial charge in [0.1, 0.15) is 0 Å². The number of hydrogen-bond donors (Lipinski definition) is 0. The topological polar surface area (TPSA) is 0 Å². The van der Waals surface area contributed by atoms with Crippen LogP contribution in [0.4, 0.5) is 0 Å². The fraction of sp³-hybridized carbons (Fsp3) is 0.429. The largest absolute Gasteiger partial charge is 0.0760 e. The van der Waals surface area contributed by atoms with Gasteiger partial charge in [-0.3, -0.25) is 0 Å². The minimum atomic E-state index is 1.12. The summed E-state index contributed by atoms with van der Waals surface area (Å²) < 4.78 is 0. The van der Waals surface area contributed by atoms with Crippen LogP contribution >= 0.6 is 0 Å². The molecular formula is C14H19. The lowest BCUT2D eigenvalue weighted by atomic mass is 9.99. The van der Waals surface area contributed by atoms with E-state index in [4.69, 9.17) is 0 Å². The van der Waals surface area contributed by atoms with Crippen LogP contribution in [0.25, 0.3) is 0 Å². The van der Waals surface area contributed by atoms with E-state index in [-0.39, 0.29) is 0 Å². The predicted molar refractivity (Wildman–Crippen MR) is 62.5 cm³/mol. The Morgan fingerprint density at radius 1 is 1.14 bits per heavy atom. The van der Waals surface area contributed by atoms with Crippen molar-refractivity contribution in [3.8, 4) is 0 Å². The van der Waals surface area contributed by atoms with E-state index in [0.29, 0.717) is 0 Å². The average Bonchev–Trinajstić information content (AvgIpc) is 2.09. The molecule has 0 unspecified atom stereocenters. The number of allylic oxidation sites excluding steroid dienone is 1. The van der Waals surface area contributed by atoms with E-state index in [1.807, 2.05) is 0 Å². The molecular weight excluding hydrogens is 168 g/mol. The molecule has 0 heteroatoms. The molecule has 1 radical (unpaired) electrons. The normalized spacial score (nSPS) is 11.1. The van der Waals surface area contributed by atoms with Crippen LogP contribution in [0.2, 0.25) is 0 Å². The van der Waals surface area contributed by atoms with Crippen molar-refractivity contribution in [3.63, 3.8) is 0 Å². The molecule has 0 aliphatic carbocycles. The summed E-state index contributed by atoms with van der Waals surface area (Å²) in [4.78, 5) is 0. The van der Waals surface area contributed by atoms with Gasteiger partial charge in [0.25, 0.3) is 0 Å². The lowest BCUT2D eigenvalue weighted by molar-refractivity contribution is 0.955. The highest BCUT2D eigenvalue weighted by molar-refractivity contribution is 5.41. The van der Waals surface area contributed by atoms with Gasteiger partial charge in [-0.15, -0.1) is 0 Å². The summed E-state index contributed by atoms with van der Waals surface area (Å²) in [5, 5.41) is 0. The Morgan fingerprint density at radius 3 is 2.21 bits per heavy atom. The fourth-order valence-corrected chi connectivity index (χ4v) is 1.73. The van der Waals surface area contributed by atoms with Crippen molar-refractivity contribution in [2.75, 3.05) is 0 Å². The number of hydrogen-bond acceptors (Lipinski definition) is 0. The first-order valence-corrected chi connectivity index (χ1v) is 5.31. The molecule has 75 valence electrons. The molecule has 0 heterocycles. The molecule has 0 spiro atoms. The van der Waals surface area contributed by atoms with E-state index in [9.17, 15) is 0 Å². The molecule has 0 nitrogen and oxygen atoms in total. The van der Waals surface area contributed by atoms with Crippen LogP contribution in [-0.2, 0) is 0 Å². The third-order valence-electron chi connectivity index (χ3n) is 2.36. The molecule has 1 aromatic carbocycles. The van der Waals surface area contributed by atoms with Crippen molar-refractivity contribution in [1.29, 1.82) is 0 Å². The highest BCUT2D eigenvalue weighted by Gasteiger charge is 1.99. The second-order valence-electron chi connectivity index (χ2n) is 3.91. The molecule has 1 rings (SSSR count). The van der Waals surface area contributed by atoms with Crippen LogP contribution in [0.3, 0.4) is 0 Å². The van der Waals surface area contributed by atoms with Gasteiger partial charge in [-0.1, -0.05) is 37.1 Å². The van der Waals surface area contributed by atoms with E-state index in [2.05, 4.69) is 52.0 Å². The molecule has 0 saturated heterocycles. The third kappa shape index (κ3) is 2.73. The van der Waals surface area contributed by atoms with Gasteiger partial charge >= 0.3 is 0 Å². The Labute approximate surface area is 87.7 Å². The molecule has 0 bridgehead atoms. The lowest BCUT2D eigenvalue weighted by Gasteiger charge is -2.06. The number of aryl methyl sites for hydroxylation is 3. The number of benzene rings is 1. The predicted octanol–water partition coefficient (Wildman–Crippen LogP) is 4.12. The van der Waals surface area contributed by atoms with E-state index < -0.39 is 0 Å². The maximum Gasteiger partial charge on any atom is -0.0122 e. The molecule has 1 aromatic rings. The van der Waals surface area contributed by atoms with Gasteiger partial charge in [0, 0.05) is 0 Å². The highest BCUT2D eigenvalue weighted by atomic mass is 14.0. The van der Waals surface area contributed by atoms with Crippen molar-refractivity contribution in [3.05, 3.63) is 46.5 Å². The van der Waals surface area contributed by atoms with E-state index in [1.54, 1.807) is 0 Å². The summed E-state index contributed by atoms with van der Waals surface area (Å²) in [5.74, 6) is 0. The monoisotopic (exact) mass is 187 g/mol. The average molecular weight is 187 g/mol. The Morgan fingerprint density at radius 2 is 1.71 bits per heavy atom. The van der Waals surface area contributed by atoms with Gasteiger partial charge in [-0.2, -0.15) is 0 Å². The van der Waals surface area contributed by atoms with Gasteiger partial charge in [-0.25, -0.2) is 0 Å². The van der Waals surface area contributed by atoms with Gasteiger partial charge in [0.05, 0.1) is 0 Å². The molecule has 0 N–H and O–H groups in total. The highest BCUT2D eigenvalue weighted by Crippen LogP contribution is 2.16. The SMILES string of the molecule is CCC/C=[C]\c1c(C)cc(C)cc1C. The van der Waals surface area contributed by atoms with E-state index in [1.165, 1.54) is 28.7 Å². The summed E-state index contributed by atoms with van der Waals surface area (Å²) >= 11 is 0. The van der Waals surface area contributed by atoms with Crippen LogP contribution < -0.4 is 0 Å². The van der Waals surface area contributed by atoms with Crippen LogP contribution in [0.1, 0.15) is 42.0 Å². The summed E-state index contributed by atoms with van der Waals surface area (Å²) in [7, 11) is 0. The van der Waals surface area contributed by atoms with Crippen LogP contribution in [0.5, 0.6) is 0 Å². The van der Waals surface area contributed by atoms with Crippen molar-refractivity contribution >= 4 is 0 Å². The molecule has 0 fully saturated rings. The summed E-state index contributed by atoms with van der Waals surface area (Å²) in [6, 6.07) is 4.43. The first-order valence-electron chi connectivity index (χ1n) is 5.31. The molecule has 0 aliphatic heterocycles. The Hall–Kier alpha value is -1.04. The maximum absolute atomic E-state index is 3.38. The van der Waals surface area contributed by atoms with Crippen molar-refractivity contribution in [1.82, 2.24) is 0 Å². The van der Waals surface area contributed by atoms with Gasteiger partial charge in [0.15, 0.2) is 0 Å². The summed E-state index contributed by atoms with van der Waals surface area (Å²) in [6.07, 6.45) is 7.84. The molecule has 14 heavy (non-hydrogen) atoms. The van der Waals surface area contributed by atoms with E-state index in [0.717, 1.165) is 6.42 Å². The Balaban J connectivity index is 2.96. The van der Waals surface area contributed by atoms with Crippen molar-refractivity contribution in [2.45, 2.75) is 40.5 Å². The minimum absolute atomic E-state index is 1.12. The second-order valence-corrected chi connectivity index (χ2v) is 3.91. The standard InChI is InChI=1S/C14H19/c1-5-6-7-8-14-12(3)9-11(2)10-13(14)4/h7,9-10H,5-6H2,1-4H3. The molecule has 0 amide bonds. The van der Waals surface area contributed by atoms with Crippen molar-refractivity contribution < 1.29 is 0 Å². The first-order chi connectivity index (χ1) is 6.65. The minimum Gasteiger partial charge on any atom is -0.0760 e. The van der Waals surface area contributed by atoms with E-state index >= 15 is 0 Å². The van der Waals surface area contributed by atoms with Gasteiger partial charge in [0.2, 0.25) is 0 Å². The first kappa shape index (κ1) is 11.0. The second kappa shape index (κ2) is 4.99. The number of unbranched alkanes of at least 4 members (excludes halogenated alkanes) is 1. The Bertz CT molecular complexity index is 309. The lowest BCUT2D eigenvalue weighted by Crippen LogP contribution is -1.89. The molecule has 0 saturated carbocycles. The summed E-state index contributed by atoms with van der Waals surface area (Å²) in [5.41, 5.74) is 5.26. The smallest absolute Gasteiger partial charge is 0.0122 e. The van der Waals surface area contributed by atoms with Gasteiger partial charge in [-0.05, 0) is 50.0 Å². The zero-order chi connectivity index (χ0) is 10.6. The fourth-order valence-electron chi connectivity index (χ4n) is 1.73. The Kier molecular flexibility index (Phi) is 3.94. The van der Waals surface area contributed by atoms with Crippen LogP contribution in [-0.4, -0.2) is 0 Å².